The number of carbonyl (C=O) groups is 1. The molecule has 9 heteroatoms. The van der Waals surface area contributed by atoms with Gasteiger partial charge in [-0.2, -0.15) is 4.72 Å². The molecule has 0 radical (unpaired) electrons. The third-order valence-corrected chi connectivity index (χ3v) is 5.41. The average molecular weight is 316 g/mol. The predicted octanol–water partition coefficient (Wildman–Crippen LogP) is 1.78. The summed E-state index contributed by atoms with van der Waals surface area (Å²) in [7, 11) is -3.97. The van der Waals surface area contributed by atoms with E-state index in [-0.39, 0.29) is 4.21 Å². The van der Waals surface area contributed by atoms with Gasteiger partial charge in [0.05, 0.1) is 11.6 Å². The SMILES string of the molecule is Cc1ccc(C(C)NS(=O)(=O)c2scnc2C(=O)O)o1. The van der Waals surface area contributed by atoms with Crippen LogP contribution >= 0.6 is 11.3 Å². The van der Waals surface area contributed by atoms with Crippen LogP contribution in [0.15, 0.2) is 26.3 Å². The van der Waals surface area contributed by atoms with Gasteiger partial charge in [0.15, 0.2) is 9.90 Å². The Morgan fingerprint density at radius 1 is 1.50 bits per heavy atom. The summed E-state index contributed by atoms with van der Waals surface area (Å²) >= 11 is 0.754. The van der Waals surface area contributed by atoms with E-state index < -0.39 is 27.7 Å². The molecule has 2 aromatic heterocycles. The van der Waals surface area contributed by atoms with E-state index in [1.807, 2.05) is 0 Å². The molecule has 0 aliphatic heterocycles. The number of rotatable bonds is 5. The number of aromatic carboxylic acids is 1. The lowest BCUT2D eigenvalue weighted by atomic mass is 10.3. The lowest BCUT2D eigenvalue weighted by Gasteiger charge is -2.11. The van der Waals surface area contributed by atoms with Gasteiger partial charge in [-0.3, -0.25) is 0 Å². The van der Waals surface area contributed by atoms with Crippen molar-refractivity contribution < 1.29 is 22.7 Å². The van der Waals surface area contributed by atoms with Crippen LogP contribution in [-0.2, 0) is 10.0 Å². The number of sulfonamides is 1. The molecule has 2 rings (SSSR count). The summed E-state index contributed by atoms with van der Waals surface area (Å²) in [6.45, 7) is 3.35. The van der Waals surface area contributed by atoms with E-state index in [1.165, 1.54) is 5.51 Å². The highest BCUT2D eigenvalue weighted by molar-refractivity contribution is 7.91. The smallest absolute Gasteiger partial charge is 0.356 e. The number of thiazole rings is 1. The fourth-order valence-corrected chi connectivity index (χ4v) is 3.97. The van der Waals surface area contributed by atoms with Crippen LogP contribution in [0, 0.1) is 6.92 Å². The largest absolute Gasteiger partial charge is 0.476 e. The van der Waals surface area contributed by atoms with E-state index in [2.05, 4.69) is 9.71 Å². The summed E-state index contributed by atoms with van der Waals surface area (Å²) in [5.74, 6) is -0.268. The summed E-state index contributed by atoms with van der Waals surface area (Å²) in [6.07, 6.45) is 0. The zero-order valence-corrected chi connectivity index (χ0v) is 12.3. The molecule has 1 unspecified atom stereocenters. The maximum Gasteiger partial charge on any atom is 0.356 e. The molecule has 0 aromatic carbocycles. The second-order valence-electron chi connectivity index (χ2n) is 4.08. The number of carboxylic acid groups (broad SMARTS) is 1. The van der Waals surface area contributed by atoms with Crippen LogP contribution in [0.3, 0.4) is 0 Å². The van der Waals surface area contributed by atoms with Gasteiger partial charge in [0.2, 0.25) is 0 Å². The van der Waals surface area contributed by atoms with Gasteiger partial charge in [0.25, 0.3) is 10.0 Å². The Labute approximate surface area is 119 Å². The Morgan fingerprint density at radius 2 is 2.20 bits per heavy atom. The van der Waals surface area contributed by atoms with Gasteiger partial charge in [0.1, 0.15) is 11.5 Å². The number of furan rings is 1. The average Bonchev–Trinajstić information content (AvgIpc) is 2.96. The minimum atomic E-state index is -3.97. The van der Waals surface area contributed by atoms with E-state index in [0.717, 1.165) is 11.3 Å². The number of hydrogen-bond donors (Lipinski definition) is 2. The minimum Gasteiger partial charge on any atom is -0.476 e. The summed E-state index contributed by atoms with van der Waals surface area (Å²) in [5, 5.41) is 8.91. The van der Waals surface area contributed by atoms with Gasteiger partial charge >= 0.3 is 5.97 Å². The van der Waals surface area contributed by atoms with Gasteiger partial charge in [-0.1, -0.05) is 0 Å². The Balaban J connectivity index is 2.27. The lowest BCUT2D eigenvalue weighted by molar-refractivity contribution is 0.0687. The Bertz CT molecular complexity index is 732. The van der Waals surface area contributed by atoms with Crippen LogP contribution in [0.1, 0.15) is 35.0 Å². The molecule has 108 valence electrons. The predicted molar refractivity (Wildman–Crippen MR) is 71.3 cm³/mol. The van der Waals surface area contributed by atoms with Crippen LogP contribution in [-0.4, -0.2) is 24.5 Å². The van der Waals surface area contributed by atoms with E-state index >= 15 is 0 Å². The van der Waals surface area contributed by atoms with Crippen molar-refractivity contribution in [3.8, 4) is 0 Å². The van der Waals surface area contributed by atoms with Crippen molar-refractivity contribution in [2.24, 2.45) is 0 Å². The zero-order valence-electron chi connectivity index (χ0n) is 10.7. The van der Waals surface area contributed by atoms with Gasteiger partial charge in [-0.15, -0.1) is 11.3 Å². The van der Waals surface area contributed by atoms with Crippen LogP contribution < -0.4 is 4.72 Å². The second kappa shape index (κ2) is 5.35. The molecule has 0 aliphatic carbocycles. The van der Waals surface area contributed by atoms with Gasteiger partial charge in [-0.25, -0.2) is 18.2 Å². The molecule has 1 atom stereocenters. The van der Waals surface area contributed by atoms with Crippen molar-refractivity contribution in [2.45, 2.75) is 24.1 Å². The lowest BCUT2D eigenvalue weighted by Crippen LogP contribution is -2.27. The monoisotopic (exact) mass is 316 g/mol. The van der Waals surface area contributed by atoms with E-state index in [1.54, 1.807) is 26.0 Å². The van der Waals surface area contributed by atoms with Crippen molar-refractivity contribution in [2.75, 3.05) is 0 Å². The summed E-state index contributed by atoms with van der Waals surface area (Å²) in [5.41, 5.74) is 0.699. The van der Waals surface area contributed by atoms with Crippen LogP contribution in [0.25, 0.3) is 0 Å². The molecule has 0 saturated heterocycles. The zero-order chi connectivity index (χ0) is 14.9. The van der Waals surface area contributed by atoms with Crippen molar-refractivity contribution in [3.05, 3.63) is 34.9 Å². The Hall–Kier alpha value is -1.71. The molecule has 0 aliphatic rings. The molecule has 2 N–H and O–H groups in total. The summed E-state index contributed by atoms with van der Waals surface area (Å²) < 4.78 is 31.7. The van der Waals surface area contributed by atoms with Gasteiger partial charge in [0, 0.05) is 0 Å². The quantitative estimate of drug-likeness (QED) is 0.870. The van der Waals surface area contributed by atoms with Gasteiger partial charge < -0.3 is 9.52 Å². The highest BCUT2D eigenvalue weighted by Crippen LogP contribution is 2.23. The van der Waals surface area contributed by atoms with Crippen molar-refractivity contribution in [1.29, 1.82) is 0 Å². The number of aryl methyl sites for hydroxylation is 1. The third kappa shape index (κ3) is 2.89. The number of nitrogens with one attached hydrogen (secondary N) is 1. The highest BCUT2D eigenvalue weighted by atomic mass is 32.2. The number of carboxylic acids is 1. The first-order chi connectivity index (χ1) is 9.31. The maximum atomic E-state index is 12.2. The van der Waals surface area contributed by atoms with E-state index in [0.29, 0.717) is 11.5 Å². The molecule has 0 bridgehead atoms. The van der Waals surface area contributed by atoms with E-state index in [9.17, 15) is 13.2 Å². The maximum absolute atomic E-state index is 12.2. The highest BCUT2D eigenvalue weighted by Gasteiger charge is 2.28. The normalized spacial score (nSPS) is 13.3. The molecule has 0 spiro atoms. The van der Waals surface area contributed by atoms with Gasteiger partial charge in [-0.05, 0) is 26.0 Å². The fraction of sp³-hybridized carbons (Fsp3) is 0.273. The van der Waals surface area contributed by atoms with E-state index in [4.69, 9.17) is 9.52 Å². The topological polar surface area (TPSA) is 110 Å². The molecule has 2 heterocycles. The van der Waals surface area contributed by atoms with Crippen LogP contribution in [0.5, 0.6) is 0 Å². The minimum absolute atomic E-state index is 0.319. The fourth-order valence-electron chi connectivity index (χ4n) is 1.60. The Kier molecular flexibility index (Phi) is 3.93. The Morgan fingerprint density at radius 3 is 2.75 bits per heavy atom. The standard InChI is InChI=1S/C11H12N2O5S2/c1-6-3-4-8(18-6)7(2)13-20(16,17)11-9(10(14)15)12-5-19-11/h3-5,7,13H,1-2H3,(H,14,15). The molecule has 2 aromatic rings. The number of aromatic nitrogens is 1. The molecule has 0 saturated carbocycles. The first-order valence-corrected chi connectivity index (χ1v) is 7.93. The van der Waals surface area contributed by atoms with Crippen molar-refractivity contribution in [1.82, 2.24) is 9.71 Å². The molecular formula is C11H12N2O5S2. The molecule has 20 heavy (non-hydrogen) atoms. The van der Waals surface area contributed by atoms with Crippen LogP contribution in [0.4, 0.5) is 0 Å². The second-order valence-corrected chi connectivity index (χ2v) is 6.85. The molecule has 7 nitrogen and oxygen atoms in total. The van der Waals surface area contributed by atoms with Crippen molar-refractivity contribution in [3.63, 3.8) is 0 Å². The number of nitrogens with zero attached hydrogens (tertiary/aromatic N) is 1. The van der Waals surface area contributed by atoms with Crippen molar-refractivity contribution >= 4 is 27.3 Å². The first-order valence-electron chi connectivity index (χ1n) is 5.56. The summed E-state index contributed by atoms with van der Waals surface area (Å²) in [4.78, 5) is 14.5. The molecule has 0 amide bonds. The van der Waals surface area contributed by atoms with Crippen LogP contribution in [0.2, 0.25) is 0 Å². The molecular weight excluding hydrogens is 304 g/mol. The molecule has 0 fully saturated rings. The number of hydrogen-bond acceptors (Lipinski definition) is 6. The summed E-state index contributed by atoms with van der Waals surface area (Å²) in [6, 6.07) is 2.76. The third-order valence-electron chi connectivity index (χ3n) is 2.50. The first kappa shape index (κ1) is 14.7.